The van der Waals surface area contributed by atoms with Crippen LogP contribution in [-0.4, -0.2) is 175 Å². The van der Waals surface area contributed by atoms with Gasteiger partial charge >= 0.3 is 0 Å². The van der Waals surface area contributed by atoms with E-state index >= 15 is 0 Å². The van der Waals surface area contributed by atoms with Crippen LogP contribution in [0, 0.1) is 5.92 Å². The fourth-order valence-electron chi connectivity index (χ4n) is 4.57. The van der Waals surface area contributed by atoms with Gasteiger partial charge in [-0.2, -0.15) is 0 Å². The van der Waals surface area contributed by atoms with Crippen molar-refractivity contribution in [1.29, 1.82) is 0 Å². The first-order valence-corrected chi connectivity index (χ1v) is 11.5. The molecule has 3 fully saturated rings. The molecule has 16 heteroatoms. The summed E-state index contributed by atoms with van der Waals surface area (Å²) in [6.07, 6.45) is -18.2. The molecule has 0 amide bonds. The van der Waals surface area contributed by atoms with Gasteiger partial charge in [0.2, 0.25) is 5.79 Å². The third-order valence-electron chi connectivity index (χ3n) is 6.84. The van der Waals surface area contributed by atoms with Crippen molar-refractivity contribution in [2.45, 2.75) is 79.2 Å². The Morgan fingerprint density at radius 1 is 0.583 bits per heavy atom. The van der Waals surface area contributed by atoms with Crippen molar-refractivity contribution in [2.24, 2.45) is 5.92 Å². The normalized spacial score (nSPS) is 49.9. The van der Waals surface area contributed by atoms with Crippen molar-refractivity contribution in [3.8, 4) is 0 Å². The highest BCUT2D eigenvalue weighted by Crippen LogP contribution is 2.37. The predicted molar refractivity (Wildman–Crippen MR) is 111 cm³/mol. The van der Waals surface area contributed by atoms with Gasteiger partial charge < -0.3 is 79.9 Å². The number of hydrogen-bond acceptors (Lipinski definition) is 16. The second-order valence-electron chi connectivity index (χ2n) is 9.14. The summed E-state index contributed by atoms with van der Waals surface area (Å²) in [4.78, 5) is 0. The summed E-state index contributed by atoms with van der Waals surface area (Å²) >= 11 is 0. The number of rotatable bonds is 10. The Labute approximate surface area is 205 Å². The number of hydrogen-bond donors (Lipinski definition) is 11. The lowest BCUT2D eigenvalue weighted by Crippen LogP contribution is -2.62. The van der Waals surface area contributed by atoms with Crippen LogP contribution in [0.2, 0.25) is 0 Å². The molecule has 0 saturated carbocycles. The molecule has 0 aromatic carbocycles. The first-order valence-electron chi connectivity index (χ1n) is 11.5. The number of aliphatic hydroxyl groups is 11. The molecule has 3 heterocycles. The summed E-state index contributed by atoms with van der Waals surface area (Å²) in [5.41, 5.74) is 0. The van der Waals surface area contributed by atoms with Gasteiger partial charge in [-0.15, -0.1) is 0 Å². The Kier molecular flexibility index (Phi) is 10.4. The van der Waals surface area contributed by atoms with E-state index in [2.05, 4.69) is 0 Å². The summed E-state index contributed by atoms with van der Waals surface area (Å²) in [7, 11) is 0. The van der Waals surface area contributed by atoms with Crippen molar-refractivity contribution in [3.05, 3.63) is 0 Å². The molecule has 3 saturated heterocycles. The third kappa shape index (κ3) is 5.69. The third-order valence-corrected chi connectivity index (χ3v) is 6.84. The quantitative estimate of drug-likeness (QED) is 0.125. The summed E-state index contributed by atoms with van der Waals surface area (Å²) in [5.74, 6) is -3.35. The van der Waals surface area contributed by atoms with E-state index < -0.39 is 112 Å². The fraction of sp³-hybridized carbons (Fsp3) is 1.00. The standard InChI is InChI=1S/C20H36O16/c21-1-8-7(4-32-5-11-14(27)16(29)13(26)9(2-22)33-11)12(25)17(30)19(34-8)36-20(6-24)18(31)15(28)10(3-23)35-20/h7-19,21-31H,1-6H2. The van der Waals surface area contributed by atoms with E-state index in [-0.39, 0.29) is 13.2 Å². The van der Waals surface area contributed by atoms with Crippen molar-refractivity contribution in [2.75, 3.05) is 39.6 Å². The van der Waals surface area contributed by atoms with E-state index in [1.807, 2.05) is 0 Å². The zero-order valence-corrected chi connectivity index (χ0v) is 19.2. The summed E-state index contributed by atoms with van der Waals surface area (Å²) in [6.45, 7) is -3.74. The van der Waals surface area contributed by atoms with E-state index in [1.165, 1.54) is 0 Å². The molecule has 14 atom stereocenters. The van der Waals surface area contributed by atoms with Crippen LogP contribution in [0.25, 0.3) is 0 Å². The van der Waals surface area contributed by atoms with Crippen LogP contribution in [0.3, 0.4) is 0 Å². The van der Waals surface area contributed by atoms with Crippen molar-refractivity contribution >= 4 is 0 Å². The maximum atomic E-state index is 10.7. The molecular weight excluding hydrogens is 496 g/mol. The molecule has 0 bridgehead atoms. The molecule has 3 aliphatic heterocycles. The van der Waals surface area contributed by atoms with Crippen LogP contribution in [0.5, 0.6) is 0 Å². The lowest BCUT2D eigenvalue weighted by atomic mass is 9.89. The predicted octanol–water partition coefficient (Wildman–Crippen LogP) is -7.28. The van der Waals surface area contributed by atoms with E-state index in [0.717, 1.165) is 0 Å². The van der Waals surface area contributed by atoms with Crippen LogP contribution in [0.4, 0.5) is 0 Å². The zero-order valence-electron chi connectivity index (χ0n) is 19.2. The Balaban J connectivity index is 1.62. The lowest BCUT2D eigenvalue weighted by Gasteiger charge is -2.45. The highest BCUT2D eigenvalue weighted by molar-refractivity contribution is 4.98. The SMILES string of the molecule is OCC1OC(COCC2C(CO)OC(OC3(CO)OC(CO)C(O)C3O)C(O)C2O)C(O)C(O)C1O. The first-order chi connectivity index (χ1) is 17.0. The Hall–Kier alpha value is -0.640. The number of aliphatic hydroxyl groups excluding tert-OH is 11. The minimum atomic E-state index is -2.30. The molecule has 0 aliphatic carbocycles. The second-order valence-corrected chi connectivity index (χ2v) is 9.14. The van der Waals surface area contributed by atoms with E-state index in [4.69, 9.17) is 23.7 Å². The smallest absolute Gasteiger partial charge is 0.224 e. The summed E-state index contributed by atoms with van der Waals surface area (Å²) in [5, 5.41) is 109. The maximum Gasteiger partial charge on any atom is 0.224 e. The fourth-order valence-corrected chi connectivity index (χ4v) is 4.57. The Morgan fingerprint density at radius 3 is 1.75 bits per heavy atom. The zero-order chi connectivity index (χ0) is 26.8. The molecule has 3 aliphatic rings. The molecule has 0 aromatic rings. The molecule has 212 valence electrons. The minimum Gasteiger partial charge on any atom is -0.394 e. The largest absolute Gasteiger partial charge is 0.394 e. The van der Waals surface area contributed by atoms with Gasteiger partial charge in [-0.3, -0.25) is 0 Å². The van der Waals surface area contributed by atoms with Gasteiger partial charge in [0.05, 0.1) is 45.2 Å². The molecule has 36 heavy (non-hydrogen) atoms. The van der Waals surface area contributed by atoms with Crippen molar-refractivity contribution < 1.29 is 79.9 Å². The van der Waals surface area contributed by atoms with E-state index in [9.17, 15) is 56.2 Å². The first kappa shape index (κ1) is 29.9. The van der Waals surface area contributed by atoms with Crippen LogP contribution < -0.4 is 0 Å². The van der Waals surface area contributed by atoms with Crippen LogP contribution in [0.15, 0.2) is 0 Å². The molecular formula is C20H36O16. The van der Waals surface area contributed by atoms with Gasteiger partial charge in [0.15, 0.2) is 6.29 Å². The van der Waals surface area contributed by atoms with Gasteiger partial charge in [0.25, 0.3) is 0 Å². The average molecular weight is 532 g/mol. The van der Waals surface area contributed by atoms with Crippen LogP contribution in [-0.2, 0) is 23.7 Å². The van der Waals surface area contributed by atoms with Gasteiger partial charge in [-0.1, -0.05) is 0 Å². The molecule has 0 spiro atoms. The van der Waals surface area contributed by atoms with Crippen molar-refractivity contribution in [1.82, 2.24) is 0 Å². The highest BCUT2D eigenvalue weighted by Gasteiger charge is 2.58. The molecule has 0 radical (unpaired) electrons. The average Bonchev–Trinajstić information content (AvgIpc) is 3.12. The van der Waals surface area contributed by atoms with Crippen LogP contribution in [0.1, 0.15) is 0 Å². The molecule has 3 rings (SSSR count). The van der Waals surface area contributed by atoms with Crippen LogP contribution >= 0.6 is 0 Å². The molecule has 16 nitrogen and oxygen atoms in total. The molecule has 14 unspecified atom stereocenters. The second kappa shape index (κ2) is 12.5. The summed E-state index contributed by atoms with van der Waals surface area (Å²) in [6, 6.07) is 0. The van der Waals surface area contributed by atoms with Gasteiger partial charge in [-0.05, 0) is 0 Å². The van der Waals surface area contributed by atoms with Gasteiger partial charge in [-0.25, -0.2) is 0 Å². The van der Waals surface area contributed by atoms with Gasteiger partial charge in [0.1, 0.15) is 61.5 Å². The Morgan fingerprint density at radius 2 is 1.19 bits per heavy atom. The van der Waals surface area contributed by atoms with E-state index in [1.54, 1.807) is 0 Å². The van der Waals surface area contributed by atoms with Crippen molar-refractivity contribution in [3.63, 3.8) is 0 Å². The number of ether oxygens (including phenoxy) is 5. The lowest BCUT2D eigenvalue weighted by molar-refractivity contribution is -0.381. The molecule has 11 N–H and O–H groups in total. The Bertz CT molecular complexity index is 682. The van der Waals surface area contributed by atoms with Gasteiger partial charge in [0, 0.05) is 5.92 Å². The summed E-state index contributed by atoms with van der Waals surface area (Å²) < 4.78 is 27.0. The molecule has 0 aromatic heterocycles. The maximum absolute atomic E-state index is 10.7. The monoisotopic (exact) mass is 532 g/mol. The topological polar surface area (TPSA) is 269 Å². The van der Waals surface area contributed by atoms with E-state index in [0.29, 0.717) is 0 Å². The minimum absolute atomic E-state index is 0.346. The highest BCUT2D eigenvalue weighted by atomic mass is 16.8.